The Balaban J connectivity index is 1.60. The first-order valence-electron chi connectivity index (χ1n) is 8.23. The summed E-state index contributed by atoms with van der Waals surface area (Å²) in [6.45, 7) is 1.91. The van der Waals surface area contributed by atoms with Crippen molar-refractivity contribution in [3.63, 3.8) is 0 Å². The first kappa shape index (κ1) is 16.0. The van der Waals surface area contributed by atoms with Crippen LogP contribution in [0.4, 0.5) is 10.1 Å². The second kappa shape index (κ2) is 6.44. The van der Waals surface area contributed by atoms with Crippen molar-refractivity contribution in [2.24, 2.45) is 0 Å². The van der Waals surface area contributed by atoms with E-state index < -0.39 is 5.82 Å². The largest absolute Gasteiger partial charge is 0.338 e. The standard InChI is InChI=1S/C21H16FN3O/c1-13-11-14(20-23-18-7-2-3-8-19(18)24-20)9-10-17(13)25-21(26)15-5-4-6-16(22)12-15/h2-12H,1H3,(H,23,24)(H,25,26). The highest BCUT2D eigenvalue weighted by molar-refractivity contribution is 6.04. The van der Waals surface area contributed by atoms with E-state index in [4.69, 9.17) is 0 Å². The molecule has 1 amide bonds. The van der Waals surface area contributed by atoms with Gasteiger partial charge in [0.1, 0.15) is 11.6 Å². The van der Waals surface area contributed by atoms with Crippen molar-refractivity contribution >= 4 is 22.6 Å². The highest BCUT2D eigenvalue weighted by Gasteiger charge is 2.11. The highest BCUT2D eigenvalue weighted by Crippen LogP contribution is 2.25. The molecule has 1 heterocycles. The van der Waals surface area contributed by atoms with Crippen LogP contribution in [0.25, 0.3) is 22.4 Å². The minimum Gasteiger partial charge on any atom is -0.338 e. The number of nitrogens with zero attached hydrogens (tertiary/aromatic N) is 1. The van der Waals surface area contributed by atoms with E-state index in [1.165, 1.54) is 18.2 Å². The maximum Gasteiger partial charge on any atom is 0.255 e. The van der Waals surface area contributed by atoms with Crippen molar-refractivity contribution in [3.05, 3.63) is 83.7 Å². The number of aryl methyl sites for hydroxylation is 1. The number of fused-ring (bicyclic) bond motifs is 1. The molecule has 0 fully saturated rings. The molecule has 0 spiro atoms. The molecule has 0 saturated carbocycles. The number of carbonyl (C=O) groups is 1. The molecular formula is C21H16FN3O. The number of imidazole rings is 1. The summed E-state index contributed by atoms with van der Waals surface area (Å²) in [7, 11) is 0. The highest BCUT2D eigenvalue weighted by atomic mass is 19.1. The SMILES string of the molecule is Cc1cc(-c2nc3ccccc3[nH]2)ccc1NC(=O)c1cccc(F)c1. The van der Waals surface area contributed by atoms with Gasteiger partial charge in [0, 0.05) is 16.8 Å². The molecule has 2 N–H and O–H groups in total. The van der Waals surface area contributed by atoms with Gasteiger partial charge >= 0.3 is 0 Å². The van der Waals surface area contributed by atoms with Gasteiger partial charge in [0.15, 0.2) is 0 Å². The summed E-state index contributed by atoms with van der Waals surface area (Å²) in [6.07, 6.45) is 0. The molecule has 0 unspecified atom stereocenters. The zero-order valence-corrected chi connectivity index (χ0v) is 14.1. The minimum absolute atomic E-state index is 0.283. The summed E-state index contributed by atoms with van der Waals surface area (Å²) in [5.74, 6) is -0.00370. The number of anilines is 1. The Morgan fingerprint density at radius 1 is 1.04 bits per heavy atom. The molecule has 3 aromatic carbocycles. The van der Waals surface area contributed by atoms with E-state index in [0.717, 1.165) is 28.0 Å². The number of aromatic amines is 1. The zero-order chi connectivity index (χ0) is 18.1. The molecule has 0 atom stereocenters. The van der Waals surface area contributed by atoms with Gasteiger partial charge in [-0.2, -0.15) is 0 Å². The zero-order valence-electron chi connectivity index (χ0n) is 14.1. The van der Waals surface area contributed by atoms with Crippen LogP contribution in [0.15, 0.2) is 66.7 Å². The van der Waals surface area contributed by atoms with Crippen LogP contribution in [-0.4, -0.2) is 15.9 Å². The Bertz CT molecular complexity index is 1080. The molecule has 0 aliphatic heterocycles. The fourth-order valence-electron chi connectivity index (χ4n) is 2.86. The molecule has 4 nitrogen and oxygen atoms in total. The Morgan fingerprint density at radius 3 is 2.65 bits per heavy atom. The molecule has 1 aromatic heterocycles. The molecule has 0 bridgehead atoms. The third-order valence-electron chi connectivity index (χ3n) is 4.22. The second-order valence-electron chi connectivity index (χ2n) is 6.10. The molecule has 0 aliphatic rings. The Hall–Kier alpha value is -3.47. The van der Waals surface area contributed by atoms with Gasteiger partial charge in [-0.15, -0.1) is 0 Å². The molecule has 0 aliphatic carbocycles. The number of benzene rings is 3. The van der Waals surface area contributed by atoms with E-state index >= 15 is 0 Å². The number of carbonyl (C=O) groups excluding carboxylic acids is 1. The van der Waals surface area contributed by atoms with E-state index in [0.29, 0.717) is 5.69 Å². The van der Waals surface area contributed by atoms with Crippen LogP contribution in [0, 0.1) is 12.7 Å². The first-order chi connectivity index (χ1) is 12.6. The summed E-state index contributed by atoms with van der Waals surface area (Å²) in [6, 6.07) is 19.1. The van der Waals surface area contributed by atoms with Crippen LogP contribution >= 0.6 is 0 Å². The Morgan fingerprint density at radius 2 is 1.88 bits per heavy atom. The fourth-order valence-corrected chi connectivity index (χ4v) is 2.86. The summed E-state index contributed by atoms with van der Waals surface area (Å²) in [5.41, 5.74) is 4.67. The lowest BCUT2D eigenvalue weighted by Crippen LogP contribution is -2.12. The third kappa shape index (κ3) is 3.07. The van der Waals surface area contributed by atoms with Gasteiger partial charge in [-0.3, -0.25) is 4.79 Å². The normalized spacial score (nSPS) is 10.8. The number of aromatic nitrogens is 2. The van der Waals surface area contributed by atoms with E-state index in [-0.39, 0.29) is 11.5 Å². The summed E-state index contributed by atoms with van der Waals surface area (Å²) in [5, 5.41) is 2.82. The minimum atomic E-state index is -0.436. The molecule has 26 heavy (non-hydrogen) atoms. The number of H-pyrrole nitrogens is 1. The average Bonchev–Trinajstić information content (AvgIpc) is 3.07. The van der Waals surface area contributed by atoms with Crippen molar-refractivity contribution in [3.8, 4) is 11.4 Å². The van der Waals surface area contributed by atoms with Gasteiger partial charge in [-0.25, -0.2) is 9.37 Å². The van der Waals surface area contributed by atoms with Gasteiger partial charge < -0.3 is 10.3 Å². The number of halogens is 1. The third-order valence-corrected chi connectivity index (χ3v) is 4.22. The summed E-state index contributed by atoms with van der Waals surface area (Å²) >= 11 is 0. The topological polar surface area (TPSA) is 57.8 Å². The number of hydrogen-bond acceptors (Lipinski definition) is 2. The van der Waals surface area contributed by atoms with Crippen LogP contribution in [0.1, 0.15) is 15.9 Å². The lowest BCUT2D eigenvalue weighted by atomic mass is 10.1. The van der Waals surface area contributed by atoms with Gasteiger partial charge in [0.25, 0.3) is 5.91 Å². The van der Waals surface area contributed by atoms with Crippen LogP contribution in [0.5, 0.6) is 0 Å². The van der Waals surface area contributed by atoms with Crippen LogP contribution in [0.2, 0.25) is 0 Å². The van der Waals surface area contributed by atoms with E-state index in [2.05, 4.69) is 15.3 Å². The predicted molar refractivity (Wildman–Crippen MR) is 101 cm³/mol. The summed E-state index contributed by atoms with van der Waals surface area (Å²) < 4.78 is 13.3. The number of amides is 1. The van der Waals surface area contributed by atoms with Crippen molar-refractivity contribution in [2.75, 3.05) is 5.32 Å². The van der Waals surface area contributed by atoms with Gasteiger partial charge in [0.2, 0.25) is 0 Å². The van der Waals surface area contributed by atoms with Gasteiger partial charge in [0.05, 0.1) is 11.0 Å². The van der Waals surface area contributed by atoms with Crippen LogP contribution < -0.4 is 5.32 Å². The maximum absolute atomic E-state index is 13.3. The molecule has 5 heteroatoms. The predicted octanol–water partition coefficient (Wildman–Crippen LogP) is 4.93. The molecule has 0 radical (unpaired) electrons. The van der Waals surface area contributed by atoms with Gasteiger partial charge in [-0.1, -0.05) is 18.2 Å². The van der Waals surface area contributed by atoms with Crippen molar-refractivity contribution in [1.29, 1.82) is 0 Å². The second-order valence-corrected chi connectivity index (χ2v) is 6.10. The number of para-hydroxylation sites is 2. The van der Waals surface area contributed by atoms with E-state index in [9.17, 15) is 9.18 Å². The lowest BCUT2D eigenvalue weighted by molar-refractivity contribution is 0.102. The number of hydrogen-bond donors (Lipinski definition) is 2. The van der Waals surface area contributed by atoms with Crippen LogP contribution in [-0.2, 0) is 0 Å². The lowest BCUT2D eigenvalue weighted by Gasteiger charge is -2.10. The van der Waals surface area contributed by atoms with Gasteiger partial charge in [-0.05, 0) is 61.0 Å². The number of nitrogens with one attached hydrogen (secondary N) is 2. The summed E-state index contributed by atoms with van der Waals surface area (Å²) in [4.78, 5) is 20.2. The van der Waals surface area contributed by atoms with E-state index in [1.807, 2.05) is 49.4 Å². The van der Waals surface area contributed by atoms with Crippen molar-refractivity contribution in [1.82, 2.24) is 9.97 Å². The quantitative estimate of drug-likeness (QED) is 0.553. The maximum atomic E-state index is 13.3. The van der Waals surface area contributed by atoms with Crippen LogP contribution in [0.3, 0.4) is 0 Å². The van der Waals surface area contributed by atoms with Crippen molar-refractivity contribution < 1.29 is 9.18 Å². The van der Waals surface area contributed by atoms with E-state index in [1.54, 1.807) is 6.07 Å². The fraction of sp³-hybridized carbons (Fsp3) is 0.0476. The molecular weight excluding hydrogens is 329 g/mol. The average molecular weight is 345 g/mol. The molecule has 4 rings (SSSR count). The Kier molecular flexibility index (Phi) is 3.97. The van der Waals surface area contributed by atoms with Crippen molar-refractivity contribution in [2.45, 2.75) is 6.92 Å². The Labute approximate surface area is 149 Å². The number of rotatable bonds is 3. The molecule has 128 valence electrons. The molecule has 0 saturated heterocycles. The monoisotopic (exact) mass is 345 g/mol. The first-order valence-corrected chi connectivity index (χ1v) is 8.23. The smallest absolute Gasteiger partial charge is 0.255 e. The molecule has 4 aromatic rings.